The van der Waals surface area contributed by atoms with Gasteiger partial charge >= 0.3 is 0 Å². The van der Waals surface area contributed by atoms with Crippen LogP contribution in [-0.4, -0.2) is 60.9 Å². The van der Waals surface area contributed by atoms with Crippen molar-refractivity contribution in [2.45, 2.75) is 19.4 Å². The van der Waals surface area contributed by atoms with Crippen molar-refractivity contribution in [2.24, 2.45) is 0 Å². The fourth-order valence-corrected chi connectivity index (χ4v) is 4.06. The van der Waals surface area contributed by atoms with E-state index in [0.717, 1.165) is 36.1 Å². The van der Waals surface area contributed by atoms with E-state index in [2.05, 4.69) is 4.90 Å². The molecule has 158 valence electrons. The fourth-order valence-electron chi connectivity index (χ4n) is 3.94. The lowest BCUT2D eigenvalue weighted by molar-refractivity contribution is -0.134. The Morgan fingerprint density at radius 3 is 2.33 bits per heavy atom. The van der Waals surface area contributed by atoms with Gasteiger partial charge in [-0.15, -0.1) is 0 Å². The highest BCUT2D eigenvalue weighted by molar-refractivity contribution is 6.30. The average molecular weight is 428 g/mol. The predicted octanol–water partition coefficient (Wildman–Crippen LogP) is 3.19. The van der Waals surface area contributed by atoms with Crippen LogP contribution in [0.5, 0.6) is 5.75 Å². The molecule has 0 aliphatic carbocycles. The van der Waals surface area contributed by atoms with Crippen molar-refractivity contribution in [3.05, 3.63) is 59.1 Å². The van der Waals surface area contributed by atoms with Crippen LogP contribution in [0.15, 0.2) is 48.5 Å². The molecule has 1 fully saturated rings. The number of halogens is 1. The smallest absolute Gasteiger partial charge is 0.227 e. The summed E-state index contributed by atoms with van der Waals surface area (Å²) >= 11 is 5.94. The Bertz CT molecular complexity index is 895. The number of carbonyl (C=O) groups is 2. The molecule has 30 heavy (non-hydrogen) atoms. The number of hydrogen-bond acceptors (Lipinski definition) is 4. The zero-order chi connectivity index (χ0) is 20.9. The monoisotopic (exact) mass is 427 g/mol. The Labute approximate surface area is 182 Å². The number of hydrogen-bond donors (Lipinski definition) is 0. The van der Waals surface area contributed by atoms with E-state index in [1.807, 2.05) is 53.4 Å². The maximum absolute atomic E-state index is 12.7. The molecule has 4 rings (SSSR count). The zero-order valence-electron chi connectivity index (χ0n) is 16.9. The first kappa shape index (κ1) is 20.7. The molecule has 0 spiro atoms. The third-order valence-electron chi connectivity index (χ3n) is 5.63. The molecule has 6 nitrogen and oxygen atoms in total. The minimum Gasteiger partial charge on any atom is -0.490 e. The van der Waals surface area contributed by atoms with Gasteiger partial charge in [-0.2, -0.15) is 0 Å². The number of para-hydroxylation sites is 2. The van der Waals surface area contributed by atoms with E-state index >= 15 is 0 Å². The van der Waals surface area contributed by atoms with Gasteiger partial charge in [0.1, 0.15) is 12.4 Å². The highest BCUT2D eigenvalue weighted by atomic mass is 35.5. The molecular weight excluding hydrogens is 402 g/mol. The van der Waals surface area contributed by atoms with Crippen molar-refractivity contribution in [1.29, 1.82) is 0 Å². The molecule has 2 aromatic carbocycles. The van der Waals surface area contributed by atoms with Gasteiger partial charge in [-0.25, -0.2) is 0 Å². The normalized spacial score (nSPS) is 16.7. The third kappa shape index (κ3) is 4.94. The number of fused-ring (bicyclic) bond motifs is 1. The molecule has 0 unspecified atom stereocenters. The molecule has 2 aromatic rings. The van der Waals surface area contributed by atoms with E-state index < -0.39 is 0 Å². The molecule has 2 heterocycles. The highest BCUT2D eigenvalue weighted by Gasteiger charge is 2.25. The van der Waals surface area contributed by atoms with Crippen molar-refractivity contribution in [3.63, 3.8) is 0 Å². The Hall–Kier alpha value is -2.57. The number of rotatable bonds is 5. The highest BCUT2D eigenvalue weighted by Crippen LogP contribution is 2.31. The lowest BCUT2D eigenvalue weighted by Gasteiger charge is -2.35. The summed E-state index contributed by atoms with van der Waals surface area (Å²) in [5.74, 6) is 0.747. The van der Waals surface area contributed by atoms with Gasteiger partial charge in [-0.05, 0) is 29.8 Å². The maximum atomic E-state index is 12.7. The number of anilines is 1. The maximum Gasteiger partial charge on any atom is 0.227 e. The van der Waals surface area contributed by atoms with Gasteiger partial charge in [0, 0.05) is 50.6 Å². The van der Waals surface area contributed by atoms with E-state index in [4.69, 9.17) is 16.3 Å². The Kier molecular flexibility index (Phi) is 6.55. The first-order valence-corrected chi connectivity index (χ1v) is 10.7. The van der Waals surface area contributed by atoms with Crippen molar-refractivity contribution >= 4 is 29.1 Å². The summed E-state index contributed by atoms with van der Waals surface area (Å²) in [5.41, 5.74) is 2.01. The molecule has 7 heteroatoms. The van der Waals surface area contributed by atoms with Crippen LogP contribution in [0.25, 0.3) is 0 Å². The van der Waals surface area contributed by atoms with Gasteiger partial charge in [-0.1, -0.05) is 35.9 Å². The van der Waals surface area contributed by atoms with Crippen molar-refractivity contribution in [3.8, 4) is 5.75 Å². The van der Waals surface area contributed by atoms with Crippen molar-refractivity contribution in [2.75, 3.05) is 44.2 Å². The molecule has 0 aromatic heterocycles. The Morgan fingerprint density at radius 1 is 0.867 bits per heavy atom. The quantitative estimate of drug-likeness (QED) is 0.735. The van der Waals surface area contributed by atoms with E-state index in [1.54, 1.807) is 4.90 Å². The number of piperazine rings is 1. The van der Waals surface area contributed by atoms with Crippen molar-refractivity contribution < 1.29 is 14.3 Å². The number of benzene rings is 2. The summed E-state index contributed by atoms with van der Waals surface area (Å²) in [7, 11) is 0. The first-order chi connectivity index (χ1) is 14.6. The second-order valence-corrected chi connectivity index (χ2v) is 8.08. The number of nitrogens with zero attached hydrogens (tertiary/aromatic N) is 3. The molecule has 2 amide bonds. The summed E-state index contributed by atoms with van der Waals surface area (Å²) in [5, 5.41) is 0.740. The summed E-state index contributed by atoms with van der Waals surface area (Å²) in [6, 6.07) is 15.4. The average Bonchev–Trinajstić information content (AvgIpc) is 2.79. The minimum absolute atomic E-state index is 0.0273. The lowest BCUT2D eigenvalue weighted by atomic mass is 10.1. The SMILES string of the molecule is O=C(CCC(=O)N1CCOc2ccccc21)N1CCN(Cc2ccc(Cl)cc2)CC1. The van der Waals surface area contributed by atoms with Crippen LogP contribution in [-0.2, 0) is 16.1 Å². The van der Waals surface area contributed by atoms with Crippen LogP contribution in [0.2, 0.25) is 5.02 Å². The van der Waals surface area contributed by atoms with Crippen LogP contribution < -0.4 is 9.64 Å². The molecule has 0 atom stereocenters. The standard InChI is InChI=1S/C23H26ClN3O3/c24-19-7-5-18(6-8-19)17-25-11-13-26(14-12-25)22(28)9-10-23(29)27-15-16-30-21-4-2-1-3-20(21)27/h1-8H,9-17H2. The predicted molar refractivity (Wildman–Crippen MR) is 117 cm³/mol. The molecular formula is C23H26ClN3O3. The second-order valence-electron chi connectivity index (χ2n) is 7.64. The first-order valence-electron chi connectivity index (χ1n) is 10.4. The number of amides is 2. The molecule has 2 aliphatic heterocycles. The zero-order valence-corrected chi connectivity index (χ0v) is 17.7. The summed E-state index contributed by atoms with van der Waals surface area (Å²) in [6.07, 6.45) is 0.466. The molecule has 0 N–H and O–H groups in total. The number of ether oxygens (including phenoxy) is 1. The summed E-state index contributed by atoms with van der Waals surface area (Å²) in [6.45, 7) is 4.91. The van der Waals surface area contributed by atoms with Gasteiger partial charge < -0.3 is 14.5 Å². The molecule has 0 radical (unpaired) electrons. The topological polar surface area (TPSA) is 53.1 Å². The van der Waals surface area contributed by atoms with Crippen LogP contribution >= 0.6 is 11.6 Å². The van der Waals surface area contributed by atoms with E-state index in [9.17, 15) is 9.59 Å². The summed E-state index contributed by atoms with van der Waals surface area (Å²) < 4.78 is 5.60. The lowest BCUT2D eigenvalue weighted by Crippen LogP contribution is -2.48. The van der Waals surface area contributed by atoms with Gasteiger partial charge in [0.25, 0.3) is 0 Å². The summed E-state index contributed by atoms with van der Waals surface area (Å²) in [4.78, 5) is 31.3. The van der Waals surface area contributed by atoms with Crippen LogP contribution in [0, 0.1) is 0 Å². The molecule has 0 bridgehead atoms. The third-order valence-corrected chi connectivity index (χ3v) is 5.88. The van der Waals surface area contributed by atoms with Gasteiger partial charge in [0.2, 0.25) is 11.8 Å². The molecule has 0 saturated carbocycles. The van der Waals surface area contributed by atoms with Gasteiger partial charge in [0.15, 0.2) is 0 Å². The van der Waals surface area contributed by atoms with E-state index in [0.29, 0.717) is 26.2 Å². The van der Waals surface area contributed by atoms with Crippen LogP contribution in [0.1, 0.15) is 18.4 Å². The van der Waals surface area contributed by atoms with Gasteiger partial charge in [0.05, 0.1) is 12.2 Å². The molecule has 2 aliphatic rings. The van der Waals surface area contributed by atoms with Crippen molar-refractivity contribution in [1.82, 2.24) is 9.80 Å². The van der Waals surface area contributed by atoms with E-state index in [1.165, 1.54) is 5.56 Å². The van der Waals surface area contributed by atoms with Crippen LogP contribution in [0.3, 0.4) is 0 Å². The second kappa shape index (κ2) is 9.49. The van der Waals surface area contributed by atoms with E-state index in [-0.39, 0.29) is 24.7 Å². The fraction of sp³-hybridized carbons (Fsp3) is 0.391. The number of carbonyl (C=O) groups excluding carboxylic acids is 2. The Balaban J connectivity index is 1.23. The largest absolute Gasteiger partial charge is 0.490 e. The van der Waals surface area contributed by atoms with Crippen LogP contribution in [0.4, 0.5) is 5.69 Å². The molecule has 1 saturated heterocycles. The van der Waals surface area contributed by atoms with Gasteiger partial charge in [-0.3, -0.25) is 14.5 Å². The Morgan fingerprint density at radius 2 is 1.57 bits per heavy atom. The minimum atomic E-state index is -0.0273.